The molecule has 0 spiro atoms. The van der Waals surface area contributed by atoms with Crippen LogP contribution in [0.4, 0.5) is 0 Å². The average molecular weight is 280 g/mol. The molecule has 0 aromatic carbocycles. The lowest BCUT2D eigenvalue weighted by molar-refractivity contribution is 0.539. The maximum absolute atomic E-state index is 12.0. The molecule has 102 valence electrons. The first kappa shape index (κ1) is 15.3. The topological polar surface area (TPSA) is 58.2 Å². The van der Waals surface area contributed by atoms with Crippen LogP contribution in [0.2, 0.25) is 0 Å². The van der Waals surface area contributed by atoms with E-state index in [9.17, 15) is 8.42 Å². The molecule has 0 saturated heterocycles. The number of sulfonamides is 1. The van der Waals surface area contributed by atoms with Gasteiger partial charge in [0.15, 0.2) is 0 Å². The number of hydrogen-bond donors (Lipinski definition) is 2. The van der Waals surface area contributed by atoms with Crippen LogP contribution < -0.4 is 10.0 Å². The van der Waals surface area contributed by atoms with Crippen LogP contribution in [0, 0.1) is 0 Å². The van der Waals surface area contributed by atoms with Gasteiger partial charge in [0.1, 0.15) is 0 Å². The summed E-state index contributed by atoms with van der Waals surface area (Å²) in [6, 6.07) is 0.314. The van der Waals surface area contributed by atoms with Crippen molar-refractivity contribution < 1.29 is 8.42 Å². The fourth-order valence-electron chi connectivity index (χ4n) is 1.48. The van der Waals surface area contributed by atoms with Gasteiger partial charge >= 0.3 is 0 Å². The van der Waals surface area contributed by atoms with E-state index in [2.05, 4.69) is 10.0 Å². The SMILES string of the molecule is CSC1(CNS(=O)(=O)C(C)CNC(C)C)CC1. The lowest BCUT2D eigenvalue weighted by atomic mass is 10.3. The van der Waals surface area contributed by atoms with Crippen LogP contribution in [0.25, 0.3) is 0 Å². The van der Waals surface area contributed by atoms with E-state index in [1.54, 1.807) is 18.7 Å². The monoisotopic (exact) mass is 280 g/mol. The molecule has 1 fully saturated rings. The van der Waals surface area contributed by atoms with Crippen molar-refractivity contribution in [2.24, 2.45) is 0 Å². The van der Waals surface area contributed by atoms with E-state index in [1.165, 1.54) is 0 Å². The number of nitrogens with one attached hydrogen (secondary N) is 2. The summed E-state index contributed by atoms with van der Waals surface area (Å²) in [5, 5.41) is 2.77. The number of thioether (sulfide) groups is 1. The molecule has 1 unspecified atom stereocenters. The van der Waals surface area contributed by atoms with Crippen LogP contribution in [-0.4, -0.2) is 43.8 Å². The Morgan fingerprint density at radius 3 is 2.29 bits per heavy atom. The summed E-state index contributed by atoms with van der Waals surface area (Å²) < 4.78 is 26.9. The maximum atomic E-state index is 12.0. The highest BCUT2D eigenvalue weighted by Crippen LogP contribution is 2.46. The molecule has 1 aliphatic carbocycles. The van der Waals surface area contributed by atoms with Crippen LogP contribution in [0.5, 0.6) is 0 Å². The second-order valence-electron chi connectivity index (χ2n) is 5.13. The van der Waals surface area contributed by atoms with Crippen LogP contribution in [-0.2, 0) is 10.0 Å². The molecule has 0 heterocycles. The number of hydrogen-bond acceptors (Lipinski definition) is 4. The van der Waals surface area contributed by atoms with E-state index in [0.29, 0.717) is 19.1 Å². The fourth-order valence-corrected chi connectivity index (χ4v) is 3.37. The van der Waals surface area contributed by atoms with Gasteiger partial charge in [-0.15, -0.1) is 0 Å². The molecule has 0 radical (unpaired) electrons. The van der Waals surface area contributed by atoms with Gasteiger partial charge < -0.3 is 5.32 Å². The molecule has 0 aliphatic heterocycles. The Bertz CT molecular complexity index is 337. The molecule has 17 heavy (non-hydrogen) atoms. The lowest BCUT2D eigenvalue weighted by Gasteiger charge is -2.18. The molecule has 1 aliphatic rings. The summed E-state index contributed by atoms with van der Waals surface area (Å²) in [6.07, 6.45) is 4.29. The molecule has 1 atom stereocenters. The lowest BCUT2D eigenvalue weighted by Crippen LogP contribution is -2.43. The molecule has 2 N–H and O–H groups in total. The standard InChI is InChI=1S/C11H24N2O2S2/c1-9(2)12-7-10(3)17(14,15)13-8-11(16-4)5-6-11/h9-10,12-13H,5-8H2,1-4H3. The molecule has 0 aromatic heterocycles. The molecule has 6 heteroatoms. The minimum absolute atomic E-state index is 0.179. The fraction of sp³-hybridized carbons (Fsp3) is 1.00. The first-order valence-corrected chi connectivity index (χ1v) is 8.85. The van der Waals surface area contributed by atoms with Crippen molar-refractivity contribution in [3.05, 3.63) is 0 Å². The van der Waals surface area contributed by atoms with Gasteiger partial charge in [-0.05, 0) is 26.0 Å². The quantitative estimate of drug-likeness (QED) is 0.701. The third kappa shape index (κ3) is 4.77. The average Bonchev–Trinajstić information content (AvgIpc) is 3.04. The molecule has 4 nitrogen and oxygen atoms in total. The minimum Gasteiger partial charge on any atom is -0.313 e. The van der Waals surface area contributed by atoms with Crippen molar-refractivity contribution in [1.82, 2.24) is 10.0 Å². The van der Waals surface area contributed by atoms with Crippen molar-refractivity contribution in [1.29, 1.82) is 0 Å². The normalized spacial score (nSPS) is 20.5. The highest BCUT2D eigenvalue weighted by molar-refractivity contribution is 8.00. The molecule has 0 amide bonds. The second kappa shape index (κ2) is 5.91. The highest BCUT2D eigenvalue weighted by atomic mass is 32.2. The third-order valence-corrected chi connectivity index (χ3v) is 6.37. The second-order valence-corrected chi connectivity index (χ2v) is 8.58. The largest absolute Gasteiger partial charge is 0.313 e. The Balaban J connectivity index is 2.39. The van der Waals surface area contributed by atoms with E-state index in [0.717, 1.165) is 12.8 Å². The summed E-state index contributed by atoms with van der Waals surface area (Å²) >= 11 is 1.77. The molecule has 1 saturated carbocycles. The molecular formula is C11H24N2O2S2. The van der Waals surface area contributed by atoms with Crippen LogP contribution in [0.1, 0.15) is 33.6 Å². The summed E-state index contributed by atoms with van der Waals surface area (Å²) in [6.45, 7) is 6.84. The summed E-state index contributed by atoms with van der Waals surface area (Å²) in [5.41, 5.74) is 0. The molecule has 0 aromatic rings. The van der Waals surface area contributed by atoms with Gasteiger partial charge in [0.2, 0.25) is 10.0 Å². The van der Waals surface area contributed by atoms with E-state index in [-0.39, 0.29) is 10.00 Å². The van der Waals surface area contributed by atoms with Gasteiger partial charge in [0.25, 0.3) is 0 Å². The Hall–Kier alpha value is 0.220. The Kier molecular flexibility index (Phi) is 5.31. The van der Waals surface area contributed by atoms with E-state index >= 15 is 0 Å². The van der Waals surface area contributed by atoms with Crippen molar-refractivity contribution in [3.8, 4) is 0 Å². The summed E-state index contributed by atoms with van der Waals surface area (Å²) in [5.74, 6) is 0. The van der Waals surface area contributed by atoms with Crippen molar-refractivity contribution in [2.75, 3.05) is 19.3 Å². The Morgan fingerprint density at radius 2 is 1.88 bits per heavy atom. The molecular weight excluding hydrogens is 256 g/mol. The Labute approximate surface area is 109 Å². The predicted molar refractivity (Wildman–Crippen MR) is 75.0 cm³/mol. The smallest absolute Gasteiger partial charge is 0.215 e. The first-order chi connectivity index (χ1) is 7.81. The van der Waals surface area contributed by atoms with Gasteiger partial charge in [-0.25, -0.2) is 13.1 Å². The zero-order valence-electron chi connectivity index (χ0n) is 11.1. The highest BCUT2D eigenvalue weighted by Gasteiger charge is 2.42. The predicted octanol–water partition coefficient (Wildman–Crippen LogP) is 1.19. The third-order valence-electron chi connectivity index (χ3n) is 3.18. The molecule has 1 rings (SSSR count). The number of rotatable bonds is 8. The Morgan fingerprint density at radius 1 is 1.29 bits per heavy atom. The summed E-state index contributed by atoms with van der Waals surface area (Å²) in [7, 11) is -3.19. The van der Waals surface area contributed by atoms with Crippen LogP contribution in [0.3, 0.4) is 0 Å². The zero-order chi connectivity index (χ0) is 13.1. The zero-order valence-corrected chi connectivity index (χ0v) is 12.7. The van der Waals surface area contributed by atoms with Crippen molar-refractivity contribution >= 4 is 21.8 Å². The van der Waals surface area contributed by atoms with Crippen LogP contribution >= 0.6 is 11.8 Å². The van der Waals surface area contributed by atoms with Gasteiger partial charge in [-0.1, -0.05) is 13.8 Å². The van der Waals surface area contributed by atoms with Gasteiger partial charge in [0, 0.05) is 23.9 Å². The van der Waals surface area contributed by atoms with E-state index in [1.807, 2.05) is 20.1 Å². The van der Waals surface area contributed by atoms with Crippen molar-refractivity contribution in [2.45, 2.75) is 49.7 Å². The van der Waals surface area contributed by atoms with E-state index < -0.39 is 10.0 Å². The maximum Gasteiger partial charge on any atom is 0.215 e. The first-order valence-electron chi connectivity index (χ1n) is 6.08. The van der Waals surface area contributed by atoms with Gasteiger partial charge in [0.05, 0.1) is 5.25 Å². The molecule has 0 bridgehead atoms. The van der Waals surface area contributed by atoms with Gasteiger partial charge in [-0.3, -0.25) is 0 Å². The van der Waals surface area contributed by atoms with Crippen molar-refractivity contribution in [3.63, 3.8) is 0 Å². The van der Waals surface area contributed by atoms with E-state index in [4.69, 9.17) is 0 Å². The van der Waals surface area contributed by atoms with Gasteiger partial charge in [-0.2, -0.15) is 11.8 Å². The van der Waals surface area contributed by atoms with Crippen LogP contribution in [0.15, 0.2) is 0 Å². The minimum atomic E-state index is -3.19. The summed E-state index contributed by atoms with van der Waals surface area (Å²) in [4.78, 5) is 0.